The minimum absolute atomic E-state index is 0.555. The van der Waals surface area contributed by atoms with Crippen LogP contribution in [-0.2, 0) is 4.74 Å². The van der Waals surface area contributed by atoms with Crippen LogP contribution in [0.4, 0.5) is 0 Å². The van der Waals surface area contributed by atoms with Gasteiger partial charge in [0.1, 0.15) is 0 Å². The van der Waals surface area contributed by atoms with Crippen LogP contribution in [0.15, 0.2) is 0 Å². The Bertz CT molecular complexity index is 83.4. The summed E-state index contributed by atoms with van der Waals surface area (Å²) in [6, 6.07) is 0. The number of hydrogen-bond donors (Lipinski definition) is 0. The molecule has 0 radical (unpaired) electrons. The first-order valence-corrected chi connectivity index (χ1v) is 4.79. The fourth-order valence-corrected chi connectivity index (χ4v) is 2.07. The Kier molecular flexibility index (Phi) is 2.42. The van der Waals surface area contributed by atoms with Crippen molar-refractivity contribution < 1.29 is 4.74 Å². The second kappa shape index (κ2) is 2.93. The van der Waals surface area contributed by atoms with Crippen LogP contribution in [0.25, 0.3) is 0 Å². The number of ether oxygens (including phenoxy) is 1. The smallest absolute Gasteiger partial charge is 0.0552 e. The third kappa shape index (κ3) is 1.41. The van der Waals surface area contributed by atoms with Gasteiger partial charge in [0.15, 0.2) is 0 Å². The molecule has 1 aliphatic rings. The van der Waals surface area contributed by atoms with Crippen LogP contribution in [0.2, 0.25) is 0 Å². The lowest BCUT2D eigenvalue weighted by molar-refractivity contribution is -0.0994. The van der Waals surface area contributed by atoms with E-state index in [1.165, 1.54) is 12.2 Å². The summed E-state index contributed by atoms with van der Waals surface area (Å²) in [5.41, 5.74) is 0.555. The van der Waals surface area contributed by atoms with E-state index in [9.17, 15) is 0 Å². The molecule has 0 aromatic heterocycles. The molecule has 9 heavy (non-hydrogen) atoms. The number of thioether (sulfide) groups is 1. The lowest BCUT2D eigenvalue weighted by Gasteiger charge is -2.40. The van der Waals surface area contributed by atoms with Gasteiger partial charge in [-0.1, -0.05) is 6.92 Å². The van der Waals surface area contributed by atoms with Crippen molar-refractivity contribution >= 4 is 11.8 Å². The molecule has 0 N–H and O–H groups in total. The minimum Gasteiger partial charge on any atom is -0.380 e. The third-order valence-corrected chi connectivity index (χ3v) is 2.92. The van der Waals surface area contributed by atoms with Crippen LogP contribution < -0.4 is 0 Å². The zero-order valence-electron chi connectivity index (χ0n) is 6.14. The molecule has 0 unspecified atom stereocenters. The molecule has 0 spiro atoms. The van der Waals surface area contributed by atoms with E-state index >= 15 is 0 Å². The second-order valence-electron chi connectivity index (χ2n) is 2.78. The molecule has 0 aromatic rings. The van der Waals surface area contributed by atoms with Crippen LogP contribution in [0.1, 0.15) is 13.3 Å². The molecular formula is C7H14OS. The monoisotopic (exact) mass is 146 g/mol. The van der Waals surface area contributed by atoms with Gasteiger partial charge in [-0.05, 0) is 12.7 Å². The summed E-state index contributed by atoms with van der Waals surface area (Å²) < 4.78 is 5.17. The maximum Gasteiger partial charge on any atom is 0.0552 e. The van der Waals surface area contributed by atoms with Gasteiger partial charge in [0.2, 0.25) is 0 Å². The Morgan fingerprint density at radius 1 is 1.56 bits per heavy atom. The van der Waals surface area contributed by atoms with Crippen LogP contribution in [-0.4, -0.2) is 25.2 Å². The summed E-state index contributed by atoms with van der Waals surface area (Å²) in [7, 11) is 0. The maximum atomic E-state index is 5.17. The molecule has 0 bridgehead atoms. The largest absolute Gasteiger partial charge is 0.380 e. The molecule has 1 heterocycles. The summed E-state index contributed by atoms with van der Waals surface area (Å²) in [5.74, 6) is 1.27. The molecule has 0 amide bonds. The lowest BCUT2D eigenvalue weighted by atomic mass is 9.86. The Hall–Kier alpha value is 0.310. The van der Waals surface area contributed by atoms with E-state index in [1.807, 2.05) is 11.8 Å². The molecule has 54 valence electrons. The van der Waals surface area contributed by atoms with Gasteiger partial charge in [0.25, 0.3) is 0 Å². The molecule has 2 heteroatoms. The van der Waals surface area contributed by atoms with Crippen molar-refractivity contribution in [2.24, 2.45) is 5.41 Å². The molecule has 0 saturated carbocycles. The van der Waals surface area contributed by atoms with E-state index in [-0.39, 0.29) is 0 Å². The Morgan fingerprint density at radius 2 is 2.22 bits per heavy atom. The van der Waals surface area contributed by atoms with E-state index in [4.69, 9.17) is 4.74 Å². The van der Waals surface area contributed by atoms with Gasteiger partial charge in [-0.15, -0.1) is 0 Å². The molecule has 1 fully saturated rings. The van der Waals surface area contributed by atoms with Gasteiger partial charge in [-0.25, -0.2) is 0 Å². The molecule has 0 atom stereocenters. The van der Waals surface area contributed by atoms with Gasteiger partial charge in [-0.3, -0.25) is 0 Å². The number of hydrogen-bond acceptors (Lipinski definition) is 2. The Labute approximate surface area is 61.2 Å². The minimum atomic E-state index is 0.555. The van der Waals surface area contributed by atoms with Crippen molar-refractivity contribution in [1.82, 2.24) is 0 Å². The Morgan fingerprint density at radius 3 is 2.33 bits per heavy atom. The van der Waals surface area contributed by atoms with E-state index in [2.05, 4.69) is 13.2 Å². The molecule has 0 aromatic carbocycles. The molecule has 1 saturated heterocycles. The van der Waals surface area contributed by atoms with Crippen molar-refractivity contribution in [3.8, 4) is 0 Å². The highest BCUT2D eigenvalue weighted by Gasteiger charge is 2.35. The molecule has 0 aliphatic carbocycles. The second-order valence-corrected chi connectivity index (χ2v) is 3.65. The van der Waals surface area contributed by atoms with Gasteiger partial charge in [0.05, 0.1) is 13.2 Å². The Balaban J connectivity index is 2.28. The van der Waals surface area contributed by atoms with Crippen LogP contribution in [0.3, 0.4) is 0 Å². The average molecular weight is 146 g/mol. The molecule has 1 nitrogen and oxygen atoms in total. The van der Waals surface area contributed by atoms with Crippen molar-refractivity contribution in [2.45, 2.75) is 13.3 Å². The van der Waals surface area contributed by atoms with E-state index in [0.29, 0.717) is 5.41 Å². The lowest BCUT2D eigenvalue weighted by Crippen LogP contribution is -2.43. The first kappa shape index (κ1) is 7.42. The summed E-state index contributed by atoms with van der Waals surface area (Å²) in [6.07, 6.45) is 3.43. The number of rotatable bonds is 3. The van der Waals surface area contributed by atoms with E-state index in [0.717, 1.165) is 13.2 Å². The van der Waals surface area contributed by atoms with E-state index < -0.39 is 0 Å². The van der Waals surface area contributed by atoms with Crippen molar-refractivity contribution in [3.63, 3.8) is 0 Å². The highest BCUT2D eigenvalue weighted by atomic mass is 32.2. The fraction of sp³-hybridized carbons (Fsp3) is 1.00. The first-order valence-electron chi connectivity index (χ1n) is 3.40. The molecule has 1 rings (SSSR count). The summed E-state index contributed by atoms with van der Waals surface area (Å²) in [5, 5.41) is 0. The van der Waals surface area contributed by atoms with Crippen molar-refractivity contribution in [3.05, 3.63) is 0 Å². The van der Waals surface area contributed by atoms with E-state index in [1.54, 1.807) is 0 Å². The highest BCUT2D eigenvalue weighted by Crippen LogP contribution is 2.33. The first-order chi connectivity index (χ1) is 4.33. The van der Waals surface area contributed by atoms with Crippen molar-refractivity contribution in [2.75, 3.05) is 25.2 Å². The summed E-state index contributed by atoms with van der Waals surface area (Å²) in [6.45, 7) is 4.23. The fourth-order valence-electron chi connectivity index (χ4n) is 1.09. The highest BCUT2D eigenvalue weighted by molar-refractivity contribution is 7.98. The van der Waals surface area contributed by atoms with Crippen molar-refractivity contribution in [1.29, 1.82) is 0 Å². The SMILES string of the molecule is CCC1(CSC)COC1. The van der Waals surface area contributed by atoms with Gasteiger partial charge < -0.3 is 4.74 Å². The topological polar surface area (TPSA) is 9.23 Å². The van der Waals surface area contributed by atoms with Gasteiger partial charge >= 0.3 is 0 Å². The quantitative estimate of drug-likeness (QED) is 0.600. The standard InChI is InChI=1S/C7H14OS/c1-3-7(6-9-2)4-8-5-7/h3-6H2,1-2H3. The van der Waals surface area contributed by atoms with Gasteiger partial charge in [-0.2, -0.15) is 11.8 Å². The zero-order chi connectivity index (χ0) is 6.74. The molecule has 1 aliphatic heterocycles. The predicted molar refractivity (Wildman–Crippen MR) is 41.9 cm³/mol. The van der Waals surface area contributed by atoms with Crippen LogP contribution >= 0.6 is 11.8 Å². The van der Waals surface area contributed by atoms with Crippen LogP contribution in [0, 0.1) is 5.41 Å². The van der Waals surface area contributed by atoms with Gasteiger partial charge in [0, 0.05) is 11.2 Å². The predicted octanol–water partition coefficient (Wildman–Crippen LogP) is 1.78. The van der Waals surface area contributed by atoms with Crippen LogP contribution in [0.5, 0.6) is 0 Å². The molecular weight excluding hydrogens is 132 g/mol. The summed E-state index contributed by atoms with van der Waals surface area (Å²) in [4.78, 5) is 0. The average Bonchev–Trinajstić information content (AvgIpc) is 1.79. The normalized spacial score (nSPS) is 23.3. The maximum absolute atomic E-state index is 5.17. The summed E-state index contributed by atoms with van der Waals surface area (Å²) >= 11 is 1.93. The zero-order valence-corrected chi connectivity index (χ0v) is 6.96. The third-order valence-electron chi connectivity index (χ3n) is 2.02.